The lowest BCUT2D eigenvalue weighted by Gasteiger charge is -2.22. The fraction of sp³-hybridized carbons (Fsp3) is 0.176. The number of fused-ring (bicyclic) bond motifs is 12. The molecular weight excluding hydrogens is 881 g/mol. The molecule has 8 aromatic carbocycles. The molecule has 4 aliphatic rings. The van der Waals surface area contributed by atoms with Crippen LogP contribution in [0.1, 0.15) is 99.9 Å². The fourth-order valence-corrected chi connectivity index (χ4v) is 15.6. The molecule has 0 spiro atoms. The van der Waals surface area contributed by atoms with Crippen LogP contribution in [0, 0.1) is 0 Å². The molecule has 14 rings (SSSR count). The predicted octanol–water partition coefficient (Wildman–Crippen LogP) is 19.4. The highest BCUT2D eigenvalue weighted by Crippen LogP contribution is 2.58. The van der Waals surface area contributed by atoms with Crippen LogP contribution in [-0.4, -0.2) is 0 Å². The van der Waals surface area contributed by atoms with Crippen LogP contribution in [0.3, 0.4) is 0 Å². The summed E-state index contributed by atoms with van der Waals surface area (Å²) in [5.41, 5.74) is 29.4. The molecule has 0 atom stereocenters. The summed E-state index contributed by atoms with van der Waals surface area (Å²) >= 11 is 3.91. The van der Waals surface area contributed by atoms with Crippen molar-refractivity contribution in [3.05, 3.63) is 226 Å². The van der Waals surface area contributed by atoms with Crippen LogP contribution in [0.2, 0.25) is 0 Å². The van der Waals surface area contributed by atoms with E-state index in [4.69, 9.17) is 0 Å². The Morgan fingerprint density at radius 2 is 0.471 bits per heavy atom. The normalized spacial score (nSPS) is 16.2. The molecule has 0 radical (unpaired) electrons. The molecule has 70 heavy (non-hydrogen) atoms. The van der Waals surface area contributed by atoms with E-state index in [1.165, 1.54) is 142 Å². The number of rotatable bonds is 5. The molecule has 2 heteroatoms. The summed E-state index contributed by atoms with van der Waals surface area (Å²) in [5.74, 6) is 0. The van der Waals surface area contributed by atoms with Crippen molar-refractivity contribution in [3.8, 4) is 97.4 Å². The van der Waals surface area contributed by atoms with Crippen molar-refractivity contribution in [2.24, 2.45) is 0 Å². The Morgan fingerprint density at radius 3 is 0.771 bits per heavy atom. The quantitative estimate of drug-likeness (QED) is 0.161. The van der Waals surface area contributed by atoms with Gasteiger partial charge in [0.2, 0.25) is 0 Å². The third kappa shape index (κ3) is 5.69. The van der Waals surface area contributed by atoms with Crippen LogP contribution in [0.25, 0.3) is 97.4 Å². The summed E-state index contributed by atoms with van der Waals surface area (Å²) in [6.07, 6.45) is 0. The first kappa shape index (κ1) is 42.1. The highest BCUT2D eigenvalue weighted by atomic mass is 32.1. The van der Waals surface area contributed by atoms with Gasteiger partial charge < -0.3 is 0 Å². The molecule has 10 aromatic rings. The second-order valence-corrected chi connectivity index (χ2v) is 24.5. The van der Waals surface area contributed by atoms with Gasteiger partial charge in [-0.2, -0.15) is 0 Å². The third-order valence-corrected chi connectivity index (χ3v) is 19.6. The molecule has 0 aliphatic heterocycles. The zero-order valence-electron chi connectivity index (χ0n) is 41.1. The summed E-state index contributed by atoms with van der Waals surface area (Å²) < 4.78 is 0. The van der Waals surface area contributed by atoms with Gasteiger partial charge in [-0.3, -0.25) is 0 Å². The lowest BCUT2D eigenvalue weighted by Crippen LogP contribution is -2.14. The second-order valence-electron chi connectivity index (χ2n) is 22.4. The zero-order chi connectivity index (χ0) is 47.6. The van der Waals surface area contributed by atoms with Crippen LogP contribution >= 0.6 is 22.7 Å². The van der Waals surface area contributed by atoms with Gasteiger partial charge in [-0.05, 0) is 148 Å². The lowest BCUT2D eigenvalue weighted by atomic mass is 9.81. The minimum Gasteiger partial charge on any atom is -0.135 e. The molecule has 2 aromatic heterocycles. The maximum atomic E-state index is 2.54. The molecule has 0 saturated carbocycles. The first-order chi connectivity index (χ1) is 33.7. The van der Waals surface area contributed by atoms with Crippen molar-refractivity contribution >= 4 is 22.7 Å². The van der Waals surface area contributed by atoms with Crippen LogP contribution < -0.4 is 0 Å². The number of hydrogen-bond acceptors (Lipinski definition) is 2. The summed E-state index contributed by atoms with van der Waals surface area (Å²) in [6.45, 7) is 19.2. The summed E-state index contributed by atoms with van der Waals surface area (Å²) in [5, 5.41) is 0. The average molecular weight is 935 g/mol. The van der Waals surface area contributed by atoms with Gasteiger partial charge in [0.15, 0.2) is 0 Å². The SMILES string of the molecule is CC1(C)c2ccccc2-c2ccc(-c3cc(-c4cc(-c5ccc6c(c5)C(C)(C)c5ccccc5-6)sc4-c4ccc5c(c4)C(C)(C)c4ccccc4-5)c(-c4ccc5c(c4)C(C)(C)c4ccccc4-5)s3)cc21. The van der Waals surface area contributed by atoms with E-state index in [-0.39, 0.29) is 21.7 Å². The smallest absolute Gasteiger partial charge is 0.0428 e. The monoisotopic (exact) mass is 934 g/mol. The topological polar surface area (TPSA) is 0 Å². The minimum atomic E-state index is -0.112. The van der Waals surface area contributed by atoms with Crippen molar-refractivity contribution in [2.45, 2.75) is 77.0 Å². The Bertz CT molecular complexity index is 3640. The average Bonchev–Trinajstić information content (AvgIpc) is 4.20. The summed E-state index contributed by atoms with van der Waals surface area (Å²) in [6, 6.07) is 70.3. The summed E-state index contributed by atoms with van der Waals surface area (Å²) in [4.78, 5) is 5.23. The molecular formula is C68H54S2. The van der Waals surface area contributed by atoms with E-state index in [0.717, 1.165) is 0 Å². The van der Waals surface area contributed by atoms with E-state index >= 15 is 0 Å². The molecule has 0 N–H and O–H groups in total. The first-order valence-corrected chi connectivity index (χ1v) is 26.6. The van der Waals surface area contributed by atoms with E-state index in [0.29, 0.717) is 0 Å². The molecule has 0 bridgehead atoms. The van der Waals surface area contributed by atoms with Crippen LogP contribution in [0.5, 0.6) is 0 Å². The lowest BCUT2D eigenvalue weighted by molar-refractivity contribution is 0.660. The van der Waals surface area contributed by atoms with E-state index in [1.807, 2.05) is 22.7 Å². The predicted molar refractivity (Wildman–Crippen MR) is 300 cm³/mol. The molecule has 2 heterocycles. The van der Waals surface area contributed by atoms with E-state index < -0.39 is 0 Å². The maximum Gasteiger partial charge on any atom is 0.0428 e. The fourth-order valence-electron chi connectivity index (χ4n) is 13.3. The molecule has 338 valence electrons. The van der Waals surface area contributed by atoms with Gasteiger partial charge in [-0.15, -0.1) is 22.7 Å². The number of thiophene rings is 2. The van der Waals surface area contributed by atoms with E-state index in [9.17, 15) is 0 Å². The first-order valence-electron chi connectivity index (χ1n) is 25.0. The Hall–Kier alpha value is -6.84. The zero-order valence-corrected chi connectivity index (χ0v) is 42.8. The van der Waals surface area contributed by atoms with Gasteiger partial charge in [-0.25, -0.2) is 0 Å². The van der Waals surface area contributed by atoms with E-state index in [2.05, 4.69) is 237 Å². The van der Waals surface area contributed by atoms with Crippen molar-refractivity contribution in [3.63, 3.8) is 0 Å². The highest BCUT2D eigenvalue weighted by Gasteiger charge is 2.40. The Morgan fingerprint density at radius 1 is 0.229 bits per heavy atom. The largest absolute Gasteiger partial charge is 0.135 e. The molecule has 0 amide bonds. The van der Waals surface area contributed by atoms with Crippen molar-refractivity contribution in [1.82, 2.24) is 0 Å². The Balaban J connectivity index is 1.00. The van der Waals surface area contributed by atoms with Crippen LogP contribution in [-0.2, 0) is 21.7 Å². The van der Waals surface area contributed by atoms with Crippen molar-refractivity contribution in [2.75, 3.05) is 0 Å². The molecule has 4 aliphatic carbocycles. The number of hydrogen-bond donors (Lipinski definition) is 0. The van der Waals surface area contributed by atoms with Crippen LogP contribution in [0.4, 0.5) is 0 Å². The van der Waals surface area contributed by atoms with Gasteiger partial charge in [-0.1, -0.05) is 201 Å². The van der Waals surface area contributed by atoms with Crippen molar-refractivity contribution in [1.29, 1.82) is 0 Å². The molecule has 0 unspecified atom stereocenters. The van der Waals surface area contributed by atoms with Gasteiger partial charge in [0.05, 0.1) is 0 Å². The van der Waals surface area contributed by atoms with Gasteiger partial charge in [0, 0.05) is 52.3 Å². The standard InChI is InChI=1S/C68H54S2/c1-65(2)53-21-13-9-17-43(53)47-29-25-39(33-57(47)65)61-37-51(63(69-61)41-27-31-49-45-19-11-15-23-55(45)67(5,6)59(49)35-41)52-38-62(40-26-30-48-44-18-10-14-22-54(44)66(3,4)58(48)34-40)70-64(52)42-28-32-50-46-20-12-16-24-56(46)68(7,8)60(50)36-42/h9-38H,1-8H3. The molecule has 0 nitrogen and oxygen atoms in total. The molecule has 0 fully saturated rings. The molecule has 0 saturated heterocycles. The Kier molecular flexibility index (Phi) is 8.64. The van der Waals surface area contributed by atoms with Crippen LogP contribution in [0.15, 0.2) is 182 Å². The van der Waals surface area contributed by atoms with Gasteiger partial charge in [0.1, 0.15) is 0 Å². The summed E-state index contributed by atoms with van der Waals surface area (Å²) in [7, 11) is 0. The minimum absolute atomic E-state index is 0.0896. The van der Waals surface area contributed by atoms with Crippen molar-refractivity contribution < 1.29 is 0 Å². The Labute approximate surface area is 421 Å². The maximum absolute atomic E-state index is 2.54. The third-order valence-electron chi connectivity index (χ3n) is 17.2. The van der Waals surface area contributed by atoms with E-state index in [1.54, 1.807) is 0 Å². The highest BCUT2D eigenvalue weighted by molar-refractivity contribution is 7.20. The second kappa shape index (κ2) is 14.4. The van der Waals surface area contributed by atoms with Gasteiger partial charge in [0.25, 0.3) is 0 Å². The number of benzene rings is 8. The van der Waals surface area contributed by atoms with Gasteiger partial charge >= 0.3 is 0 Å².